The first-order chi connectivity index (χ1) is 12.9. The molecule has 3 rings (SSSR count). The number of phenols is 1. The van der Waals surface area contributed by atoms with Crippen molar-refractivity contribution in [1.82, 2.24) is 4.98 Å². The lowest BCUT2D eigenvalue weighted by Gasteiger charge is -2.17. The van der Waals surface area contributed by atoms with E-state index in [0.717, 1.165) is 28.9 Å². The molecule has 1 aromatic heterocycles. The van der Waals surface area contributed by atoms with Crippen molar-refractivity contribution in [2.45, 2.75) is 52.9 Å². The number of rotatable bonds is 5. The maximum Gasteiger partial charge on any atom is 0.141 e. The molecule has 0 unspecified atom stereocenters. The fourth-order valence-corrected chi connectivity index (χ4v) is 3.39. The van der Waals surface area contributed by atoms with Crippen LogP contribution in [0.5, 0.6) is 5.75 Å². The number of nitrogens with zero attached hydrogens (tertiary/aromatic N) is 2. The number of aliphatic imine (C=N–C) groups is 1. The fourth-order valence-electron chi connectivity index (χ4n) is 3.39. The highest BCUT2D eigenvalue weighted by Gasteiger charge is 2.15. The van der Waals surface area contributed by atoms with Crippen LogP contribution >= 0.6 is 0 Å². The van der Waals surface area contributed by atoms with Crippen molar-refractivity contribution < 1.29 is 5.11 Å². The predicted molar refractivity (Wildman–Crippen MR) is 115 cm³/mol. The second-order valence-corrected chi connectivity index (χ2v) is 7.55. The molecule has 140 valence electrons. The number of aromatic hydroxyl groups is 1. The van der Waals surface area contributed by atoms with Gasteiger partial charge in [-0.2, -0.15) is 0 Å². The lowest BCUT2D eigenvalue weighted by molar-refractivity contribution is 0.480. The van der Waals surface area contributed by atoms with Gasteiger partial charge in [0.1, 0.15) is 11.3 Å². The van der Waals surface area contributed by atoms with Crippen LogP contribution in [0.2, 0.25) is 0 Å². The Morgan fingerprint density at radius 1 is 0.926 bits per heavy atom. The number of fused-ring (bicyclic) bond motifs is 1. The van der Waals surface area contributed by atoms with Gasteiger partial charge in [-0.05, 0) is 41.5 Å². The maximum atomic E-state index is 10.2. The Hall–Kier alpha value is -2.68. The van der Waals surface area contributed by atoms with Crippen molar-refractivity contribution in [3.05, 3.63) is 65.4 Å². The van der Waals surface area contributed by atoms with Crippen LogP contribution in [0.25, 0.3) is 10.9 Å². The van der Waals surface area contributed by atoms with Crippen molar-refractivity contribution in [3.63, 3.8) is 0 Å². The Balaban J connectivity index is 2.19. The SMILES string of the molecule is CCC(=Nc1c(C(C)C)cccc1C(C)C)c1ccc2cccc(O)c2n1. The average molecular weight is 361 g/mol. The number of para-hydroxylation sites is 2. The van der Waals surface area contributed by atoms with Crippen molar-refractivity contribution in [3.8, 4) is 5.75 Å². The van der Waals surface area contributed by atoms with Crippen LogP contribution in [0, 0.1) is 0 Å². The zero-order valence-electron chi connectivity index (χ0n) is 16.8. The molecule has 1 heterocycles. The molecule has 3 nitrogen and oxygen atoms in total. The van der Waals surface area contributed by atoms with Crippen LogP contribution in [0.3, 0.4) is 0 Å². The van der Waals surface area contributed by atoms with Gasteiger partial charge in [-0.3, -0.25) is 4.99 Å². The highest BCUT2D eigenvalue weighted by Crippen LogP contribution is 2.35. The number of pyridine rings is 1. The molecule has 3 heteroatoms. The summed E-state index contributed by atoms with van der Waals surface area (Å²) < 4.78 is 0. The molecule has 0 saturated carbocycles. The number of aromatic nitrogens is 1. The smallest absolute Gasteiger partial charge is 0.141 e. The highest BCUT2D eigenvalue weighted by atomic mass is 16.3. The molecule has 3 aromatic rings. The molecule has 0 aliphatic rings. The summed E-state index contributed by atoms with van der Waals surface area (Å²) >= 11 is 0. The summed E-state index contributed by atoms with van der Waals surface area (Å²) in [5, 5.41) is 11.1. The van der Waals surface area contributed by atoms with Gasteiger partial charge in [-0.15, -0.1) is 0 Å². The lowest BCUT2D eigenvalue weighted by Crippen LogP contribution is -2.04. The Morgan fingerprint density at radius 2 is 1.56 bits per heavy atom. The number of hydrogen-bond acceptors (Lipinski definition) is 3. The molecule has 0 bridgehead atoms. The Bertz CT molecular complexity index is 961. The Labute approximate surface area is 161 Å². The third kappa shape index (κ3) is 3.87. The van der Waals surface area contributed by atoms with Crippen molar-refractivity contribution in [2.24, 2.45) is 4.99 Å². The molecule has 0 atom stereocenters. The first-order valence-corrected chi connectivity index (χ1v) is 9.71. The maximum absolute atomic E-state index is 10.2. The van der Waals surface area contributed by atoms with Crippen LogP contribution in [0.15, 0.2) is 53.5 Å². The van der Waals surface area contributed by atoms with E-state index in [4.69, 9.17) is 9.98 Å². The van der Waals surface area contributed by atoms with Crippen LogP contribution in [-0.4, -0.2) is 15.8 Å². The van der Waals surface area contributed by atoms with Gasteiger partial charge in [0.2, 0.25) is 0 Å². The molecule has 0 radical (unpaired) electrons. The van der Waals surface area contributed by atoms with E-state index < -0.39 is 0 Å². The minimum absolute atomic E-state index is 0.204. The van der Waals surface area contributed by atoms with Gasteiger partial charge in [0, 0.05) is 5.39 Å². The first-order valence-electron chi connectivity index (χ1n) is 9.71. The van der Waals surface area contributed by atoms with Gasteiger partial charge in [-0.1, -0.05) is 71.0 Å². The number of benzene rings is 2. The van der Waals surface area contributed by atoms with E-state index in [9.17, 15) is 5.11 Å². The molecule has 0 aliphatic heterocycles. The minimum Gasteiger partial charge on any atom is -0.506 e. The molecule has 0 fully saturated rings. The lowest BCUT2D eigenvalue weighted by atomic mass is 9.92. The molecule has 2 aromatic carbocycles. The van der Waals surface area contributed by atoms with Crippen molar-refractivity contribution in [1.29, 1.82) is 0 Å². The third-order valence-electron chi connectivity index (χ3n) is 4.92. The molecular formula is C24H28N2O. The van der Waals surface area contributed by atoms with Gasteiger partial charge in [0.25, 0.3) is 0 Å². The normalized spacial score (nSPS) is 12.3. The highest BCUT2D eigenvalue weighted by molar-refractivity contribution is 6.02. The third-order valence-corrected chi connectivity index (χ3v) is 4.92. The predicted octanol–water partition coefficient (Wildman–Crippen LogP) is 6.72. The second-order valence-electron chi connectivity index (χ2n) is 7.55. The summed E-state index contributed by atoms with van der Waals surface area (Å²) in [6.07, 6.45) is 0.774. The van der Waals surface area contributed by atoms with Crippen molar-refractivity contribution in [2.75, 3.05) is 0 Å². The molecule has 0 spiro atoms. The van der Waals surface area contributed by atoms with Gasteiger partial charge in [0.15, 0.2) is 0 Å². The molecule has 1 N–H and O–H groups in total. The van der Waals surface area contributed by atoms with E-state index in [2.05, 4.69) is 52.8 Å². The number of hydrogen-bond donors (Lipinski definition) is 1. The van der Waals surface area contributed by atoms with Gasteiger partial charge < -0.3 is 5.11 Å². The topological polar surface area (TPSA) is 45.5 Å². The zero-order chi connectivity index (χ0) is 19.6. The van der Waals surface area contributed by atoms with Crippen molar-refractivity contribution >= 4 is 22.3 Å². The Kier molecular flexibility index (Phi) is 5.59. The summed E-state index contributed by atoms with van der Waals surface area (Å²) in [6.45, 7) is 10.9. The molecule has 0 amide bonds. The van der Waals surface area contributed by atoms with E-state index in [1.165, 1.54) is 11.1 Å². The van der Waals surface area contributed by atoms with Crippen LogP contribution in [-0.2, 0) is 0 Å². The molecule has 0 saturated heterocycles. The summed E-state index contributed by atoms with van der Waals surface area (Å²) in [4.78, 5) is 9.81. The molecule has 27 heavy (non-hydrogen) atoms. The van der Waals surface area contributed by atoms with Crippen LogP contribution < -0.4 is 0 Å². The number of phenolic OH excluding ortho intramolecular Hbond substituents is 1. The van der Waals surface area contributed by atoms with Crippen LogP contribution in [0.1, 0.15) is 69.7 Å². The summed E-state index contributed by atoms with van der Waals surface area (Å²) in [5.41, 5.74) is 5.97. The average Bonchev–Trinajstić information content (AvgIpc) is 2.65. The first kappa shape index (κ1) is 19.1. The van der Waals surface area contributed by atoms with E-state index in [1.807, 2.05) is 24.3 Å². The van der Waals surface area contributed by atoms with E-state index in [-0.39, 0.29) is 5.75 Å². The van der Waals surface area contributed by atoms with Gasteiger partial charge >= 0.3 is 0 Å². The van der Waals surface area contributed by atoms with E-state index >= 15 is 0 Å². The quantitative estimate of drug-likeness (QED) is 0.513. The monoisotopic (exact) mass is 360 g/mol. The van der Waals surface area contributed by atoms with Gasteiger partial charge in [0.05, 0.1) is 17.1 Å². The van der Waals surface area contributed by atoms with Gasteiger partial charge in [-0.25, -0.2) is 4.98 Å². The Morgan fingerprint density at radius 3 is 2.15 bits per heavy atom. The van der Waals surface area contributed by atoms with E-state index in [0.29, 0.717) is 17.4 Å². The standard InChI is InChI=1S/C24H28N2O/c1-6-20(21-14-13-17-9-7-12-22(27)23(17)26-21)25-24-18(15(2)3)10-8-11-19(24)16(4)5/h7-16,27H,6H2,1-5H3. The summed E-state index contributed by atoms with van der Waals surface area (Å²) in [6, 6.07) is 15.9. The summed E-state index contributed by atoms with van der Waals surface area (Å²) in [7, 11) is 0. The largest absolute Gasteiger partial charge is 0.506 e. The second kappa shape index (κ2) is 7.91. The molecule has 0 aliphatic carbocycles. The van der Waals surface area contributed by atoms with Crippen LogP contribution in [0.4, 0.5) is 5.69 Å². The molecular weight excluding hydrogens is 332 g/mol. The van der Waals surface area contributed by atoms with E-state index in [1.54, 1.807) is 6.07 Å². The fraction of sp³-hybridized carbons (Fsp3) is 0.333. The zero-order valence-corrected chi connectivity index (χ0v) is 16.8. The summed E-state index contributed by atoms with van der Waals surface area (Å²) in [5.74, 6) is 0.999. The minimum atomic E-state index is 0.204.